The van der Waals surface area contributed by atoms with E-state index in [0.717, 1.165) is 23.4 Å². The van der Waals surface area contributed by atoms with Crippen LogP contribution in [0.4, 0.5) is 5.69 Å². The highest BCUT2D eigenvalue weighted by Gasteiger charge is 2.28. The predicted octanol–water partition coefficient (Wildman–Crippen LogP) is 4.69. The summed E-state index contributed by atoms with van der Waals surface area (Å²) in [6.07, 6.45) is 2.71. The van der Waals surface area contributed by atoms with Crippen molar-refractivity contribution >= 4 is 21.6 Å². The molecule has 0 heterocycles. The van der Waals surface area contributed by atoms with Crippen LogP contribution < -0.4 is 14.4 Å². The molecule has 7 heteroatoms. The van der Waals surface area contributed by atoms with Gasteiger partial charge in [0.05, 0.1) is 11.9 Å². The molecule has 3 aromatic rings. The van der Waals surface area contributed by atoms with Gasteiger partial charge < -0.3 is 10.1 Å². The molecule has 174 valence electrons. The molecule has 3 aromatic carbocycles. The Morgan fingerprint density at radius 2 is 1.55 bits per heavy atom. The van der Waals surface area contributed by atoms with Crippen LogP contribution in [-0.4, -0.2) is 33.2 Å². The number of nitrogens with zero attached hydrogens (tertiary/aromatic N) is 1. The lowest BCUT2D eigenvalue weighted by Crippen LogP contribution is -2.48. The summed E-state index contributed by atoms with van der Waals surface area (Å²) in [5.74, 6) is 0.921. The number of benzene rings is 3. The van der Waals surface area contributed by atoms with Gasteiger partial charge in [-0.1, -0.05) is 48.0 Å². The van der Waals surface area contributed by atoms with Crippen LogP contribution in [-0.2, 0) is 21.2 Å². The van der Waals surface area contributed by atoms with Crippen LogP contribution in [0, 0.1) is 6.92 Å². The van der Waals surface area contributed by atoms with Crippen LogP contribution in [0.2, 0.25) is 0 Å². The lowest BCUT2D eigenvalue weighted by molar-refractivity contribution is -0.121. The normalized spacial score (nSPS) is 12.1. The van der Waals surface area contributed by atoms with Crippen LogP contribution in [0.15, 0.2) is 78.9 Å². The number of aryl methyl sites for hydroxylation is 2. The van der Waals surface area contributed by atoms with Crippen LogP contribution in [0.25, 0.3) is 0 Å². The summed E-state index contributed by atoms with van der Waals surface area (Å²) in [5.41, 5.74) is 2.82. The second-order valence-corrected chi connectivity index (χ2v) is 9.88. The summed E-state index contributed by atoms with van der Waals surface area (Å²) in [5, 5.41) is 2.86. The number of hydrogen-bond acceptors (Lipinski definition) is 4. The maximum atomic E-state index is 12.7. The van der Waals surface area contributed by atoms with Gasteiger partial charge in [0.25, 0.3) is 0 Å². The van der Waals surface area contributed by atoms with Crippen molar-refractivity contribution in [2.24, 2.45) is 0 Å². The van der Waals surface area contributed by atoms with Gasteiger partial charge >= 0.3 is 0 Å². The molecule has 0 spiro atoms. The molecule has 1 amide bonds. The van der Waals surface area contributed by atoms with Crippen LogP contribution in [0.1, 0.15) is 24.5 Å². The average molecular weight is 467 g/mol. The number of ether oxygens (including phenoxy) is 1. The average Bonchev–Trinajstić information content (AvgIpc) is 2.79. The molecule has 0 aromatic heterocycles. The smallest absolute Gasteiger partial charge is 0.243 e. The molecule has 33 heavy (non-hydrogen) atoms. The van der Waals surface area contributed by atoms with Gasteiger partial charge in [-0.25, -0.2) is 8.42 Å². The zero-order valence-electron chi connectivity index (χ0n) is 19.2. The van der Waals surface area contributed by atoms with E-state index in [4.69, 9.17) is 4.74 Å². The third-order valence-electron chi connectivity index (χ3n) is 5.22. The van der Waals surface area contributed by atoms with Gasteiger partial charge in [0.15, 0.2) is 0 Å². The molecule has 0 aliphatic rings. The fourth-order valence-electron chi connectivity index (χ4n) is 3.50. The zero-order valence-corrected chi connectivity index (χ0v) is 20.0. The van der Waals surface area contributed by atoms with Gasteiger partial charge in [0.2, 0.25) is 15.9 Å². The third-order valence-corrected chi connectivity index (χ3v) is 6.46. The molecule has 0 saturated heterocycles. The number of carbonyl (C=O) groups is 1. The van der Waals surface area contributed by atoms with Crippen molar-refractivity contribution in [3.05, 3.63) is 90.0 Å². The van der Waals surface area contributed by atoms with E-state index in [2.05, 4.69) is 29.6 Å². The van der Waals surface area contributed by atoms with E-state index in [1.165, 1.54) is 11.1 Å². The summed E-state index contributed by atoms with van der Waals surface area (Å²) in [6, 6.07) is 23.4. The monoisotopic (exact) mass is 466 g/mol. The topological polar surface area (TPSA) is 75.7 Å². The first-order chi connectivity index (χ1) is 15.7. The van der Waals surface area contributed by atoms with Crippen molar-refractivity contribution in [1.82, 2.24) is 5.32 Å². The van der Waals surface area contributed by atoms with E-state index in [0.29, 0.717) is 23.7 Å². The van der Waals surface area contributed by atoms with Crippen molar-refractivity contribution in [2.45, 2.75) is 32.7 Å². The minimum absolute atomic E-state index is 0.339. The number of para-hydroxylation sites is 1. The van der Waals surface area contributed by atoms with Gasteiger partial charge in [0, 0.05) is 6.54 Å². The van der Waals surface area contributed by atoms with Crippen LogP contribution in [0.5, 0.6) is 11.5 Å². The Morgan fingerprint density at radius 1 is 0.939 bits per heavy atom. The molecule has 1 atom stereocenters. The standard InChI is InChI=1S/C26H30N2O4S/c1-20-11-13-22(14-12-20)8-7-19-27-26(29)21(2)28(33(3,30)31)23-15-17-25(18-16-23)32-24-9-5-4-6-10-24/h4-6,9-18,21H,7-8,19H2,1-3H3,(H,27,29)/t21-/m0/s1. The largest absolute Gasteiger partial charge is 0.457 e. The number of hydrogen-bond donors (Lipinski definition) is 1. The minimum Gasteiger partial charge on any atom is -0.457 e. The molecule has 3 rings (SSSR count). The van der Waals surface area contributed by atoms with Gasteiger partial charge in [0.1, 0.15) is 17.5 Å². The van der Waals surface area contributed by atoms with Gasteiger partial charge in [-0.2, -0.15) is 0 Å². The van der Waals surface area contributed by atoms with Gasteiger partial charge in [-0.05, 0) is 68.7 Å². The highest BCUT2D eigenvalue weighted by atomic mass is 32.2. The number of amides is 1. The molecule has 0 bridgehead atoms. The number of anilines is 1. The lowest BCUT2D eigenvalue weighted by atomic mass is 10.1. The van der Waals surface area contributed by atoms with E-state index in [9.17, 15) is 13.2 Å². The number of sulfonamides is 1. The Morgan fingerprint density at radius 3 is 2.15 bits per heavy atom. The molecule has 0 aliphatic heterocycles. The second kappa shape index (κ2) is 11.0. The Bertz CT molecular complexity index is 1150. The molecule has 0 saturated carbocycles. The van der Waals surface area contributed by atoms with Crippen molar-refractivity contribution < 1.29 is 17.9 Å². The first kappa shape index (κ1) is 24.3. The van der Waals surface area contributed by atoms with Crippen molar-refractivity contribution in [3.63, 3.8) is 0 Å². The molecule has 0 aliphatic carbocycles. The molecule has 0 unspecified atom stereocenters. The quantitative estimate of drug-likeness (QED) is 0.440. The first-order valence-corrected chi connectivity index (χ1v) is 12.7. The van der Waals surface area contributed by atoms with E-state index >= 15 is 0 Å². The van der Waals surface area contributed by atoms with E-state index in [1.807, 2.05) is 37.3 Å². The zero-order chi connectivity index (χ0) is 23.8. The van der Waals surface area contributed by atoms with Crippen molar-refractivity contribution in [3.8, 4) is 11.5 Å². The summed E-state index contributed by atoms with van der Waals surface area (Å²) >= 11 is 0. The van der Waals surface area contributed by atoms with Crippen LogP contribution in [0.3, 0.4) is 0 Å². The third kappa shape index (κ3) is 7.08. The van der Waals surface area contributed by atoms with E-state index < -0.39 is 16.1 Å². The molecule has 0 fully saturated rings. The van der Waals surface area contributed by atoms with Gasteiger partial charge in [-0.15, -0.1) is 0 Å². The fraction of sp³-hybridized carbons (Fsp3) is 0.269. The summed E-state index contributed by atoms with van der Waals surface area (Å²) in [7, 11) is -3.68. The van der Waals surface area contributed by atoms with Crippen LogP contribution >= 0.6 is 0 Å². The summed E-state index contributed by atoms with van der Waals surface area (Å²) in [6.45, 7) is 4.10. The highest BCUT2D eigenvalue weighted by molar-refractivity contribution is 7.92. The molecule has 0 radical (unpaired) electrons. The van der Waals surface area contributed by atoms with E-state index in [-0.39, 0.29) is 5.91 Å². The second-order valence-electron chi connectivity index (χ2n) is 8.02. The van der Waals surface area contributed by atoms with Crippen molar-refractivity contribution in [1.29, 1.82) is 0 Å². The molecular weight excluding hydrogens is 436 g/mol. The Labute approximate surface area is 196 Å². The summed E-state index contributed by atoms with van der Waals surface area (Å²) < 4.78 is 31.9. The maximum absolute atomic E-state index is 12.7. The molecule has 6 nitrogen and oxygen atoms in total. The fourth-order valence-corrected chi connectivity index (χ4v) is 4.68. The van der Waals surface area contributed by atoms with E-state index in [1.54, 1.807) is 31.2 Å². The number of carbonyl (C=O) groups excluding carboxylic acids is 1. The minimum atomic E-state index is -3.68. The SMILES string of the molecule is Cc1ccc(CCCNC(=O)[C@H](C)N(c2ccc(Oc3ccccc3)cc2)S(C)(=O)=O)cc1. The Kier molecular flexibility index (Phi) is 8.11. The molecule has 1 N–H and O–H groups in total. The Hall–Kier alpha value is -3.32. The number of rotatable bonds is 10. The number of nitrogens with one attached hydrogen (secondary N) is 1. The van der Waals surface area contributed by atoms with Gasteiger partial charge in [-0.3, -0.25) is 9.10 Å². The first-order valence-electron chi connectivity index (χ1n) is 10.9. The molecular formula is C26H30N2O4S. The summed E-state index contributed by atoms with van der Waals surface area (Å²) in [4.78, 5) is 12.7. The highest BCUT2D eigenvalue weighted by Crippen LogP contribution is 2.26. The predicted molar refractivity (Wildman–Crippen MR) is 132 cm³/mol. The van der Waals surface area contributed by atoms with Crippen molar-refractivity contribution in [2.75, 3.05) is 17.1 Å². The maximum Gasteiger partial charge on any atom is 0.243 e. The Balaban J connectivity index is 1.61. The lowest BCUT2D eigenvalue weighted by Gasteiger charge is -2.28.